The van der Waals surface area contributed by atoms with Crippen molar-refractivity contribution in [3.8, 4) is 28.5 Å². The lowest BCUT2D eigenvalue weighted by Crippen LogP contribution is -1.95. The van der Waals surface area contributed by atoms with Crippen LogP contribution in [0, 0.1) is 0 Å². The lowest BCUT2D eigenvalue weighted by molar-refractivity contribution is 0.306. The van der Waals surface area contributed by atoms with Crippen molar-refractivity contribution in [1.29, 1.82) is 0 Å². The fraction of sp³-hybridized carbons (Fsp3) is 0.100. The van der Waals surface area contributed by atoms with Crippen molar-refractivity contribution in [1.82, 2.24) is 19.7 Å². The van der Waals surface area contributed by atoms with E-state index < -0.39 is 0 Å². The number of benzene rings is 2. The van der Waals surface area contributed by atoms with E-state index in [1.54, 1.807) is 4.68 Å². The van der Waals surface area contributed by atoms with Crippen LogP contribution in [0.25, 0.3) is 22.8 Å². The number of aromatic nitrogens is 4. The molecule has 1 N–H and O–H groups in total. The van der Waals surface area contributed by atoms with E-state index in [-0.39, 0.29) is 0 Å². The number of para-hydroxylation sites is 1. The van der Waals surface area contributed by atoms with Crippen molar-refractivity contribution in [3.05, 3.63) is 78.6 Å². The third kappa shape index (κ3) is 3.45. The molecule has 0 amide bonds. The molecule has 2 aromatic heterocycles. The second-order valence-electron chi connectivity index (χ2n) is 5.81. The van der Waals surface area contributed by atoms with E-state index in [0.717, 1.165) is 34.1 Å². The van der Waals surface area contributed by atoms with Gasteiger partial charge in [-0.1, -0.05) is 42.5 Å². The Hall–Kier alpha value is -3.34. The molecule has 0 fully saturated rings. The van der Waals surface area contributed by atoms with Gasteiger partial charge in [-0.05, 0) is 23.8 Å². The third-order valence-electron chi connectivity index (χ3n) is 3.93. The summed E-state index contributed by atoms with van der Waals surface area (Å²) in [4.78, 5) is 7.84. The van der Waals surface area contributed by atoms with E-state index in [1.807, 2.05) is 68.0 Å². The van der Waals surface area contributed by atoms with Gasteiger partial charge >= 0.3 is 0 Å². The van der Waals surface area contributed by atoms with Gasteiger partial charge in [0.05, 0.1) is 0 Å². The Labute approximate surface area is 145 Å². The van der Waals surface area contributed by atoms with Gasteiger partial charge in [0.25, 0.3) is 0 Å². The molecular formula is C20H18N4O. The van der Waals surface area contributed by atoms with Crippen LogP contribution in [0.1, 0.15) is 5.56 Å². The fourth-order valence-electron chi connectivity index (χ4n) is 2.59. The topological polar surface area (TPSA) is 55.7 Å². The zero-order chi connectivity index (χ0) is 17.1. The van der Waals surface area contributed by atoms with Crippen LogP contribution in [-0.2, 0) is 13.7 Å². The molecule has 0 radical (unpaired) electrons. The number of hydrogen-bond donors (Lipinski definition) is 1. The molecule has 0 spiro atoms. The predicted molar refractivity (Wildman–Crippen MR) is 97.0 cm³/mol. The van der Waals surface area contributed by atoms with Gasteiger partial charge in [-0.2, -0.15) is 5.10 Å². The normalized spacial score (nSPS) is 10.8. The Morgan fingerprint density at radius 1 is 0.960 bits per heavy atom. The van der Waals surface area contributed by atoms with E-state index in [0.29, 0.717) is 6.61 Å². The lowest BCUT2D eigenvalue weighted by atomic mass is 10.1. The Morgan fingerprint density at radius 2 is 1.76 bits per heavy atom. The summed E-state index contributed by atoms with van der Waals surface area (Å²) in [6.45, 7) is 0.543. The van der Waals surface area contributed by atoms with Crippen LogP contribution in [0.3, 0.4) is 0 Å². The Morgan fingerprint density at radius 3 is 2.48 bits per heavy atom. The van der Waals surface area contributed by atoms with Crippen molar-refractivity contribution in [2.24, 2.45) is 7.05 Å². The summed E-state index contributed by atoms with van der Waals surface area (Å²) >= 11 is 0. The summed E-state index contributed by atoms with van der Waals surface area (Å²) in [6, 6.07) is 20.0. The second-order valence-corrected chi connectivity index (χ2v) is 5.81. The molecule has 0 atom stereocenters. The molecule has 2 heterocycles. The van der Waals surface area contributed by atoms with Gasteiger partial charge in [-0.25, -0.2) is 4.98 Å². The quantitative estimate of drug-likeness (QED) is 0.600. The Balaban J connectivity index is 1.46. The second kappa shape index (κ2) is 6.65. The number of nitrogens with one attached hydrogen (secondary N) is 1. The molecule has 4 aromatic rings. The number of imidazole rings is 1. The molecule has 25 heavy (non-hydrogen) atoms. The molecule has 0 aliphatic carbocycles. The maximum atomic E-state index is 5.77. The first-order valence-corrected chi connectivity index (χ1v) is 8.10. The SMILES string of the molecule is Cn1ccc(-c2c[nH]c(-c3ccc(COc4ccccc4)cc3)n2)n1. The molecule has 0 aliphatic rings. The van der Waals surface area contributed by atoms with Crippen LogP contribution >= 0.6 is 0 Å². The number of ether oxygens (including phenoxy) is 1. The summed E-state index contributed by atoms with van der Waals surface area (Å²) in [7, 11) is 1.90. The number of aryl methyl sites for hydroxylation is 1. The van der Waals surface area contributed by atoms with Gasteiger partial charge in [-0.3, -0.25) is 4.68 Å². The van der Waals surface area contributed by atoms with Crippen LogP contribution in [-0.4, -0.2) is 19.7 Å². The molecule has 0 aliphatic heterocycles. The van der Waals surface area contributed by atoms with Crippen LogP contribution < -0.4 is 4.74 Å². The number of aromatic amines is 1. The minimum atomic E-state index is 0.543. The Bertz CT molecular complexity index is 955. The molecule has 0 saturated carbocycles. The zero-order valence-corrected chi connectivity index (χ0v) is 13.9. The molecule has 5 nitrogen and oxygen atoms in total. The highest BCUT2D eigenvalue weighted by atomic mass is 16.5. The number of hydrogen-bond acceptors (Lipinski definition) is 3. The van der Waals surface area contributed by atoms with Gasteiger partial charge in [-0.15, -0.1) is 0 Å². The minimum absolute atomic E-state index is 0.543. The van der Waals surface area contributed by atoms with Crippen molar-refractivity contribution in [2.75, 3.05) is 0 Å². The predicted octanol–water partition coefficient (Wildman–Crippen LogP) is 4.06. The maximum Gasteiger partial charge on any atom is 0.138 e. The first-order chi connectivity index (χ1) is 12.3. The smallest absolute Gasteiger partial charge is 0.138 e. The summed E-state index contributed by atoms with van der Waals surface area (Å²) in [6.07, 6.45) is 3.79. The van der Waals surface area contributed by atoms with Gasteiger partial charge in [0.1, 0.15) is 29.6 Å². The van der Waals surface area contributed by atoms with Crippen molar-refractivity contribution < 1.29 is 4.74 Å². The summed E-state index contributed by atoms with van der Waals surface area (Å²) in [5.41, 5.74) is 3.85. The molecule has 4 rings (SSSR count). The van der Waals surface area contributed by atoms with E-state index in [2.05, 4.69) is 27.2 Å². The van der Waals surface area contributed by atoms with Crippen LogP contribution in [0.15, 0.2) is 73.1 Å². The first kappa shape index (κ1) is 15.2. The summed E-state index contributed by atoms with van der Waals surface area (Å²) in [5, 5.41) is 4.37. The molecular weight excluding hydrogens is 312 g/mol. The highest BCUT2D eigenvalue weighted by Gasteiger charge is 2.08. The van der Waals surface area contributed by atoms with Crippen LogP contribution in [0.4, 0.5) is 0 Å². The summed E-state index contributed by atoms with van der Waals surface area (Å²) < 4.78 is 7.54. The van der Waals surface area contributed by atoms with Gasteiger partial charge in [0.15, 0.2) is 0 Å². The van der Waals surface area contributed by atoms with Crippen LogP contribution in [0.5, 0.6) is 5.75 Å². The third-order valence-corrected chi connectivity index (χ3v) is 3.93. The molecule has 5 heteroatoms. The lowest BCUT2D eigenvalue weighted by Gasteiger charge is -2.06. The fourth-order valence-corrected chi connectivity index (χ4v) is 2.59. The molecule has 0 bridgehead atoms. The summed E-state index contributed by atoms with van der Waals surface area (Å²) in [5.74, 6) is 1.70. The van der Waals surface area contributed by atoms with Crippen molar-refractivity contribution >= 4 is 0 Å². The first-order valence-electron chi connectivity index (χ1n) is 8.10. The molecule has 0 saturated heterocycles. The largest absolute Gasteiger partial charge is 0.489 e. The van der Waals surface area contributed by atoms with E-state index >= 15 is 0 Å². The minimum Gasteiger partial charge on any atom is -0.489 e. The average Bonchev–Trinajstić information content (AvgIpc) is 3.30. The van der Waals surface area contributed by atoms with Crippen molar-refractivity contribution in [3.63, 3.8) is 0 Å². The van der Waals surface area contributed by atoms with Gasteiger partial charge in [0.2, 0.25) is 0 Å². The maximum absolute atomic E-state index is 5.77. The average molecular weight is 330 g/mol. The van der Waals surface area contributed by atoms with E-state index in [9.17, 15) is 0 Å². The van der Waals surface area contributed by atoms with E-state index in [4.69, 9.17) is 4.74 Å². The monoisotopic (exact) mass is 330 g/mol. The molecule has 2 aromatic carbocycles. The highest BCUT2D eigenvalue weighted by Crippen LogP contribution is 2.21. The number of H-pyrrole nitrogens is 1. The van der Waals surface area contributed by atoms with Gasteiger partial charge < -0.3 is 9.72 Å². The Kier molecular flexibility index (Phi) is 4.04. The van der Waals surface area contributed by atoms with Crippen LogP contribution in [0.2, 0.25) is 0 Å². The number of rotatable bonds is 5. The zero-order valence-electron chi connectivity index (χ0n) is 13.9. The van der Waals surface area contributed by atoms with Crippen molar-refractivity contribution in [2.45, 2.75) is 6.61 Å². The standard InChI is InChI=1S/C20H18N4O/c1-24-12-11-18(23-24)19-13-21-20(22-19)16-9-7-15(8-10-16)14-25-17-5-3-2-4-6-17/h2-13H,14H2,1H3,(H,21,22). The number of nitrogens with zero attached hydrogens (tertiary/aromatic N) is 3. The van der Waals surface area contributed by atoms with Gasteiger partial charge in [0, 0.05) is 25.0 Å². The highest BCUT2D eigenvalue weighted by molar-refractivity contribution is 5.61. The van der Waals surface area contributed by atoms with E-state index in [1.165, 1.54) is 0 Å². The molecule has 0 unspecified atom stereocenters. The molecule has 124 valence electrons.